The second-order valence-electron chi connectivity index (χ2n) is 7.98. The molecule has 5 heteroatoms. The van der Waals surface area contributed by atoms with Gasteiger partial charge < -0.3 is 5.32 Å². The molecule has 1 N–H and O–H groups in total. The smallest absolute Gasteiger partial charge is 0.220 e. The van der Waals surface area contributed by atoms with Gasteiger partial charge in [-0.3, -0.25) is 4.79 Å². The molecule has 0 bridgehead atoms. The Morgan fingerprint density at radius 3 is 2.54 bits per heavy atom. The van der Waals surface area contributed by atoms with Gasteiger partial charge in [-0.1, -0.05) is 44.2 Å². The van der Waals surface area contributed by atoms with E-state index in [0.717, 1.165) is 40.3 Å². The quantitative estimate of drug-likeness (QED) is 0.659. The van der Waals surface area contributed by atoms with Gasteiger partial charge in [0.25, 0.3) is 0 Å². The molecule has 1 aromatic carbocycles. The third kappa shape index (κ3) is 4.58. The summed E-state index contributed by atoms with van der Waals surface area (Å²) < 4.78 is 1.88. The first-order chi connectivity index (χ1) is 13.3. The topological polar surface area (TPSA) is 59.3 Å². The van der Waals surface area contributed by atoms with Crippen molar-refractivity contribution in [3.8, 4) is 0 Å². The summed E-state index contributed by atoms with van der Waals surface area (Å²) in [7, 11) is 0. The molecular weight excluding hydrogens is 348 g/mol. The van der Waals surface area contributed by atoms with Gasteiger partial charge in [-0.25, -0.2) is 9.50 Å². The number of aromatic nitrogens is 3. The number of carbonyl (C=O) groups excluding carboxylic acids is 1. The van der Waals surface area contributed by atoms with Crippen LogP contribution in [0.3, 0.4) is 0 Å². The van der Waals surface area contributed by atoms with Gasteiger partial charge in [-0.05, 0) is 50.7 Å². The van der Waals surface area contributed by atoms with Crippen molar-refractivity contribution in [2.24, 2.45) is 5.92 Å². The fraction of sp³-hybridized carbons (Fsp3) is 0.435. The molecule has 0 saturated carbocycles. The van der Waals surface area contributed by atoms with Crippen molar-refractivity contribution in [1.82, 2.24) is 19.9 Å². The fourth-order valence-electron chi connectivity index (χ4n) is 3.74. The standard InChI is InChI=1S/C23H30N4O/c1-15(2)13-21(19-9-7-6-8-10-19)25-23(28)12-11-20-17(4)24-22-14-16(3)26-27(22)18(20)5/h6-10,14-15,21H,11-13H2,1-5H3,(H,25,28). The van der Waals surface area contributed by atoms with Crippen LogP contribution in [0.15, 0.2) is 36.4 Å². The van der Waals surface area contributed by atoms with Crippen LogP contribution in [0.5, 0.6) is 0 Å². The Morgan fingerprint density at radius 2 is 1.86 bits per heavy atom. The molecule has 0 aliphatic rings. The third-order valence-electron chi connectivity index (χ3n) is 5.13. The summed E-state index contributed by atoms with van der Waals surface area (Å²) in [5.41, 5.74) is 6.11. The van der Waals surface area contributed by atoms with Gasteiger partial charge in [0.1, 0.15) is 0 Å². The Labute approximate surface area is 167 Å². The fourth-order valence-corrected chi connectivity index (χ4v) is 3.74. The number of hydrogen-bond donors (Lipinski definition) is 1. The van der Waals surface area contributed by atoms with Crippen LogP contribution in [-0.2, 0) is 11.2 Å². The minimum absolute atomic E-state index is 0.0465. The summed E-state index contributed by atoms with van der Waals surface area (Å²) >= 11 is 0. The number of carbonyl (C=O) groups is 1. The average Bonchev–Trinajstić information content (AvgIpc) is 3.01. The number of amides is 1. The highest BCUT2D eigenvalue weighted by atomic mass is 16.1. The lowest BCUT2D eigenvalue weighted by Gasteiger charge is -2.21. The highest BCUT2D eigenvalue weighted by molar-refractivity contribution is 5.76. The van der Waals surface area contributed by atoms with Crippen LogP contribution < -0.4 is 5.32 Å². The van der Waals surface area contributed by atoms with Crippen molar-refractivity contribution in [2.75, 3.05) is 0 Å². The summed E-state index contributed by atoms with van der Waals surface area (Å²) in [6, 6.07) is 12.2. The maximum atomic E-state index is 12.7. The first-order valence-electron chi connectivity index (χ1n) is 10.0. The molecular formula is C23H30N4O. The van der Waals surface area contributed by atoms with Crippen LogP contribution in [0, 0.1) is 26.7 Å². The summed E-state index contributed by atoms with van der Waals surface area (Å²) in [6.45, 7) is 10.4. The number of benzene rings is 1. The molecule has 1 amide bonds. The van der Waals surface area contributed by atoms with E-state index in [1.165, 1.54) is 0 Å². The van der Waals surface area contributed by atoms with E-state index in [9.17, 15) is 4.79 Å². The van der Waals surface area contributed by atoms with Gasteiger partial charge in [-0.2, -0.15) is 5.10 Å². The van der Waals surface area contributed by atoms with Crippen LogP contribution in [0.1, 0.15) is 60.9 Å². The maximum absolute atomic E-state index is 12.7. The molecule has 148 valence electrons. The highest BCUT2D eigenvalue weighted by Crippen LogP contribution is 2.22. The van der Waals surface area contributed by atoms with E-state index in [2.05, 4.69) is 41.4 Å². The van der Waals surface area contributed by atoms with E-state index in [4.69, 9.17) is 0 Å². The maximum Gasteiger partial charge on any atom is 0.220 e. The van der Waals surface area contributed by atoms with E-state index < -0.39 is 0 Å². The summed E-state index contributed by atoms with van der Waals surface area (Å²) in [5.74, 6) is 0.578. The van der Waals surface area contributed by atoms with Gasteiger partial charge >= 0.3 is 0 Å². The highest BCUT2D eigenvalue weighted by Gasteiger charge is 2.17. The van der Waals surface area contributed by atoms with Crippen LogP contribution in [0.2, 0.25) is 0 Å². The van der Waals surface area contributed by atoms with Gasteiger partial charge in [0.2, 0.25) is 5.91 Å². The Hall–Kier alpha value is -2.69. The van der Waals surface area contributed by atoms with Crippen molar-refractivity contribution in [3.63, 3.8) is 0 Å². The monoisotopic (exact) mass is 378 g/mol. The van der Waals surface area contributed by atoms with Gasteiger partial charge in [-0.15, -0.1) is 0 Å². The minimum atomic E-state index is 0.0465. The van der Waals surface area contributed by atoms with E-state index in [-0.39, 0.29) is 11.9 Å². The van der Waals surface area contributed by atoms with Crippen molar-refractivity contribution >= 4 is 11.6 Å². The summed E-state index contributed by atoms with van der Waals surface area (Å²) in [5, 5.41) is 7.75. The molecule has 0 fully saturated rings. The second kappa shape index (κ2) is 8.55. The molecule has 28 heavy (non-hydrogen) atoms. The van der Waals surface area contributed by atoms with Crippen LogP contribution in [-0.4, -0.2) is 20.5 Å². The van der Waals surface area contributed by atoms with Crippen LogP contribution in [0.4, 0.5) is 0 Å². The molecule has 5 nitrogen and oxygen atoms in total. The number of nitrogens with zero attached hydrogens (tertiary/aromatic N) is 3. The number of hydrogen-bond acceptors (Lipinski definition) is 3. The number of aryl methyl sites for hydroxylation is 3. The average molecular weight is 379 g/mol. The third-order valence-corrected chi connectivity index (χ3v) is 5.13. The largest absolute Gasteiger partial charge is 0.349 e. The van der Waals surface area contributed by atoms with E-state index in [0.29, 0.717) is 18.8 Å². The van der Waals surface area contributed by atoms with E-state index in [1.54, 1.807) is 0 Å². The molecule has 0 aliphatic carbocycles. The van der Waals surface area contributed by atoms with Gasteiger partial charge in [0.15, 0.2) is 5.65 Å². The Kier molecular flexibility index (Phi) is 6.12. The molecule has 0 radical (unpaired) electrons. The van der Waals surface area contributed by atoms with Crippen molar-refractivity contribution in [3.05, 3.63) is 64.6 Å². The minimum Gasteiger partial charge on any atom is -0.349 e. The Morgan fingerprint density at radius 1 is 1.14 bits per heavy atom. The number of fused-ring (bicyclic) bond motifs is 1. The molecule has 1 unspecified atom stereocenters. The van der Waals surface area contributed by atoms with Gasteiger partial charge in [0, 0.05) is 23.9 Å². The molecule has 3 aromatic rings. The van der Waals surface area contributed by atoms with Crippen molar-refractivity contribution in [2.45, 2.75) is 59.9 Å². The van der Waals surface area contributed by atoms with E-state index >= 15 is 0 Å². The first kappa shape index (κ1) is 20.1. The lowest BCUT2D eigenvalue weighted by Crippen LogP contribution is -2.29. The van der Waals surface area contributed by atoms with Crippen molar-refractivity contribution in [1.29, 1.82) is 0 Å². The zero-order chi connectivity index (χ0) is 20.3. The van der Waals surface area contributed by atoms with Crippen molar-refractivity contribution < 1.29 is 4.79 Å². The predicted octanol–water partition coefficient (Wildman–Crippen LogP) is 4.49. The molecule has 3 rings (SSSR count). The van der Waals surface area contributed by atoms with Crippen LogP contribution >= 0.6 is 0 Å². The molecule has 2 heterocycles. The number of rotatable bonds is 7. The normalized spacial score (nSPS) is 12.5. The van der Waals surface area contributed by atoms with Crippen LogP contribution in [0.25, 0.3) is 5.65 Å². The Bertz CT molecular complexity index is 960. The molecule has 0 spiro atoms. The SMILES string of the molecule is Cc1cc2nc(C)c(CCC(=O)NC(CC(C)C)c3ccccc3)c(C)n2n1. The second-order valence-corrected chi connectivity index (χ2v) is 7.98. The molecule has 1 atom stereocenters. The van der Waals surface area contributed by atoms with Gasteiger partial charge in [0.05, 0.1) is 11.7 Å². The number of nitrogens with one attached hydrogen (secondary N) is 1. The zero-order valence-electron chi connectivity index (χ0n) is 17.5. The Balaban J connectivity index is 1.71. The lowest BCUT2D eigenvalue weighted by molar-refractivity contribution is -0.121. The first-order valence-corrected chi connectivity index (χ1v) is 10.0. The predicted molar refractivity (Wildman–Crippen MR) is 112 cm³/mol. The molecule has 0 aliphatic heterocycles. The van der Waals surface area contributed by atoms with E-state index in [1.807, 2.05) is 49.6 Å². The zero-order valence-corrected chi connectivity index (χ0v) is 17.5. The lowest BCUT2D eigenvalue weighted by atomic mass is 9.96. The summed E-state index contributed by atoms with van der Waals surface area (Å²) in [6.07, 6.45) is 2.03. The molecule has 2 aromatic heterocycles. The molecule has 0 saturated heterocycles. The summed E-state index contributed by atoms with van der Waals surface area (Å²) in [4.78, 5) is 17.4.